The third-order valence-corrected chi connectivity index (χ3v) is 2.19. The Morgan fingerprint density at radius 2 is 2.00 bits per heavy atom. The number of aromatic nitrogens is 3. The Morgan fingerprint density at radius 1 is 1.25 bits per heavy atom. The average molecular weight is 220 g/mol. The number of rotatable bonds is 2. The molecule has 7 heteroatoms. The van der Waals surface area contributed by atoms with Gasteiger partial charge in [-0.15, -0.1) is 10.2 Å². The van der Waals surface area contributed by atoms with Crippen molar-refractivity contribution in [2.45, 2.75) is 0 Å². The fraction of sp³-hybridized carbons (Fsp3) is 0.111. The molecule has 2 aromatic rings. The molecule has 0 spiro atoms. The van der Waals surface area contributed by atoms with E-state index in [2.05, 4.69) is 10.2 Å². The van der Waals surface area contributed by atoms with Crippen molar-refractivity contribution in [3.05, 3.63) is 18.2 Å². The van der Waals surface area contributed by atoms with Gasteiger partial charge >= 0.3 is 0 Å². The van der Waals surface area contributed by atoms with Crippen LogP contribution in [0.15, 0.2) is 18.2 Å². The van der Waals surface area contributed by atoms with Crippen molar-refractivity contribution in [3.8, 4) is 17.1 Å². The highest BCUT2D eigenvalue weighted by molar-refractivity contribution is 5.68. The number of ether oxygens (including phenoxy) is 1. The maximum Gasteiger partial charge on any atom is 0.241 e. The van der Waals surface area contributed by atoms with Crippen LogP contribution in [0.25, 0.3) is 11.4 Å². The Balaban J connectivity index is 2.59. The Morgan fingerprint density at radius 3 is 2.56 bits per heavy atom. The van der Waals surface area contributed by atoms with Crippen LogP contribution in [0.5, 0.6) is 5.75 Å². The highest BCUT2D eigenvalue weighted by atomic mass is 16.5. The van der Waals surface area contributed by atoms with Crippen LogP contribution in [0.4, 0.5) is 11.6 Å². The predicted molar refractivity (Wildman–Crippen MR) is 61.0 cm³/mol. The predicted octanol–water partition coefficient (Wildman–Crippen LogP) is -0.168. The highest BCUT2D eigenvalue weighted by Gasteiger charge is 2.14. The van der Waals surface area contributed by atoms with Crippen molar-refractivity contribution in [2.24, 2.45) is 0 Å². The zero-order valence-corrected chi connectivity index (χ0v) is 8.71. The van der Waals surface area contributed by atoms with E-state index < -0.39 is 0 Å². The summed E-state index contributed by atoms with van der Waals surface area (Å²) in [5, 5.41) is 7.54. The molecule has 0 radical (unpaired) electrons. The summed E-state index contributed by atoms with van der Waals surface area (Å²) in [5.41, 5.74) is 12.4. The summed E-state index contributed by atoms with van der Waals surface area (Å²) in [6, 6.07) is 5.16. The second kappa shape index (κ2) is 3.61. The van der Waals surface area contributed by atoms with Crippen LogP contribution in [-0.4, -0.2) is 22.0 Å². The third-order valence-electron chi connectivity index (χ3n) is 2.19. The summed E-state index contributed by atoms with van der Waals surface area (Å²) in [4.78, 5) is 0. The van der Waals surface area contributed by atoms with Crippen molar-refractivity contribution in [1.29, 1.82) is 0 Å². The van der Waals surface area contributed by atoms with Gasteiger partial charge in [0.15, 0.2) is 5.82 Å². The molecule has 0 bridgehead atoms. The van der Waals surface area contributed by atoms with E-state index >= 15 is 0 Å². The average Bonchev–Trinajstić information content (AvgIpc) is 2.60. The molecule has 84 valence electrons. The van der Waals surface area contributed by atoms with Crippen LogP contribution in [0.3, 0.4) is 0 Å². The Bertz CT molecular complexity index is 521. The van der Waals surface area contributed by atoms with E-state index in [4.69, 9.17) is 22.0 Å². The van der Waals surface area contributed by atoms with Crippen LogP contribution in [0.1, 0.15) is 0 Å². The van der Waals surface area contributed by atoms with Gasteiger partial charge in [-0.05, 0) is 12.1 Å². The van der Waals surface area contributed by atoms with E-state index in [9.17, 15) is 0 Å². The van der Waals surface area contributed by atoms with Gasteiger partial charge in [-0.2, -0.15) is 0 Å². The molecule has 2 rings (SSSR count). The molecule has 7 nitrogen and oxygen atoms in total. The summed E-state index contributed by atoms with van der Waals surface area (Å²) in [7, 11) is 1.54. The van der Waals surface area contributed by atoms with Crippen LogP contribution in [-0.2, 0) is 0 Å². The maximum atomic E-state index is 5.68. The third kappa shape index (κ3) is 1.48. The van der Waals surface area contributed by atoms with Crippen LogP contribution < -0.4 is 22.0 Å². The van der Waals surface area contributed by atoms with Gasteiger partial charge in [0.1, 0.15) is 5.75 Å². The van der Waals surface area contributed by atoms with E-state index in [0.717, 1.165) is 0 Å². The number of anilines is 2. The lowest BCUT2D eigenvalue weighted by molar-refractivity contribution is 0.416. The molecule has 0 unspecified atom stereocenters. The minimum Gasteiger partial charge on any atom is -0.496 e. The highest BCUT2D eigenvalue weighted by Crippen LogP contribution is 2.30. The van der Waals surface area contributed by atoms with E-state index in [1.54, 1.807) is 25.3 Å². The molecular formula is C9H12N6O. The Hall–Kier alpha value is -2.44. The topological polar surface area (TPSA) is 118 Å². The van der Waals surface area contributed by atoms with Crippen molar-refractivity contribution >= 4 is 11.6 Å². The first kappa shape index (κ1) is 10.1. The summed E-state index contributed by atoms with van der Waals surface area (Å²) in [6.45, 7) is 0. The lowest BCUT2D eigenvalue weighted by atomic mass is 10.1. The Labute approximate surface area is 91.8 Å². The first-order valence-electron chi connectivity index (χ1n) is 4.53. The van der Waals surface area contributed by atoms with Gasteiger partial charge in [0.05, 0.1) is 12.7 Å². The number of methoxy groups -OCH3 is 1. The van der Waals surface area contributed by atoms with Gasteiger partial charge < -0.3 is 22.0 Å². The molecule has 0 atom stereocenters. The van der Waals surface area contributed by atoms with Gasteiger partial charge in [0.25, 0.3) is 0 Å². The van der Waals surface area contributed by atoms with Gasteiger partial charge in [-0.1, -0.05) is 0 Å². The first-order valence-corrected chi connectivity index (χ1v) is 4.53. The fourth-order valence-electron chi connectivity index (χ4n) is 1.38. The molecule has 1 heterocycles. The van der Waals surface area contributed by atoms with E-state index in [0.29, 0.717) is 22.8 Å². The number of hydrogen-bond acceptors (Lipinski definition) is 6. The number of nitrogen functional groups attached to an aromatic ring is 3. The molecule has 0 aliphatic carbocycles. The van der Waals surface area contributed by atoms with Crippen molar-refractivity contribution in [1.82, 2.24) is 14.9 Å². The fourth-order valence-corrected chi connectivity index (χ4v) is 1.38. The minimum atomic E-state index is 0.133. The lowest BCUT2D eigenvalue weighted by Gasteiger charge is -2.08. The number of hydrogen-bond donors (Lipinski definition) is 3. The van der Waals surface area contributed by atoms with E-state index in [-0.39, 0.29) is 5.95 Å². The molecule has 0 saturated carbocycles. The SMILES string of the molecule is COc1cc(N)ccc1-c1nnc(N)n1N. The molecule has 1 aromatic carbocycles. The zero-order chi connectivity index (χ0) is 11.7. The number of nitrogens with two attached hydrogens (primary N) is 3. The quantitative estimate of drug-likeness (QED) is 0.477. The van der Waals surface area contributed by atoms with Crippen LogP contribution >= 0.6 is 0 Å². The number of nitrogens with zero attached hydrogens (tertiary/aromatic N) is 3. The molecule has 0 amide bonds. The molecule has 0 aliphatic rings. The van der Waals surface area contributed by atoms with Crippen molar-refractivity contribution in [2.75, 3.05) is 24.4 Å². The standard InChI is InChI=1S/C9H12N6O/c1-16-7-4-5(10)2-3-6(7)8-13-14-9(11)15(8)12/h2-4H,10,12H2,1H3,(H2,11,14). The second-order valence-corrected chi connectivity index (χ2v) is 3.21. The minimum absolute atomic E-state index is 0.133. The van der Waals surface area contributed by atoms with Crippen molar-refractivity contribution < 1.29 is 4.74 Å². The molecule has 0 fully saturated rings. The van der Waals surface area contributed by atoms with Crippen LogP contribution in [0.2, 0.25) is 0 Å². The first-order chi connectivity index (χ1) is 7.63. The summed E-state index contributed by atoms with van der Waals surface area (Å²) >= 11 is 0. The van der Waals surface area contributed by atoms with Gasteiger partial charge in [0, 0.05) is 11.8 Å². The lowest BCUT2D eigenvalue weighted by Crippen LogP contribution is -2.13. The molecule has 16 heavy (non-hydrogen) atoms. The molecule has 1 aromatic heterocycles. The largest absolute Gasteiger partial charge is 0.496 e. The van der Waals surface area contributed by atoms with Crippen LogP contribution in [0, 0.1) is 0 Å². The normalized spacial score (nSPS) is 10.3. The van der Waals surface area contributed by atoms with E-state index in [1.807, 2.05) is 0 Å². The molecular weight excluding hydrogens is 208 g/mol. The molecule has 6 N–H and O–H groups in total. The zero-order valence-electron chi connectivity index (χ0n) is 8.71. The van der Waals surface area contributed by atoms with E-state index in [1.165, 1.54) is 4.68 Å². The molecule has 0 aliphatic heterocycles. The van der Waals surface area contributed by atoms with Gasteiger partial charge in [-0.25, -0.2) is 4.68 Å². The molecule has 0 saturated heterocycles. The second-order valence-electron chi connectivity index (χ2n) is 3.21. The number of benzene rings is 1. The van der Waals surface area contributed by atoms with Gasteiger partial charge in [0.2, 0.25) is 5.95 Å². The summed E-state index contributed by atoms with van der Waals surface area (Å²) in [5.74, 6) is 6.80. The monoisotopic (exact) mass is 220 g/mol. The smallest absolute Gasteiger partial charge is 0.241 e. The van der Waals surface area contributed by atoms with Crippen molar-refractivity contribution in [3.63, 3.8) is 0 Å². The maximum absolute atomic E-state index is 5.68. The van der Waals surface area contributed by atoms with Gasteiger partial charge in [-0.3, -0.25) is 0 Å². The summed E-state index contributed by atoms with van der Waals surface area (Å²) in [6.07, 6.45) is 0. The summed E-state index contributed by atoms with van der Waals surface area (Å²) < 4.78 is 6.38. The Kier molecular flexibility index (Phi) is 2.28.